The molecule has 0 atom stereocenters. The second kappa shape index (κ2) is 5.80. The number of ether oxygens (including phenoxy) is 1. The number of phenols is 1. The molecule has 0 radical (unpaired) electrons. The minimum absolute atomic E-state index is 0.0148. The molecule has 0 spiro atoms. The molecule has 0 aliphatic rings. The first kappa shape index (κ1) is 12.1. The lowest BCUT2D eigenvalue weighted by atomic mass is 10.2. The first-order valence-corrected chi connectivity index (χ1v) is 5.00. The fourth-order valence-corrected chi connectivity index (χ4v) is 1.14. The van der Waals surface area contributed by atoms with Gasteiger partial charge < -0.3 is 14.9 Å². The van der Waals surface area contributed by atoms with Crippen LogP contribution >= 0.6 is 0 Å². The Morgan fingerprint density at radius 1 is 1.50 bits per heavy atom. The van der Waals surface area contributed by atoms with Gasteiger partial charge in [0.25, 0.3) is 0 Å². The van der Waals surface area contributed by atoms with E-state index in [0.29, 0.717) is 17.9 Å². The standard InChI is InChI=1S/C12H14O4/c1-2-7-16-11-5-3-9(8-10(11)13)4-6-12(14)15/h3-6,8,13H,2,7H2,1H3,(H,14,15). The van der Waals surface area contributed by atoms with Crippen LogP contribution in [0.5, 0.6) is 11.5 Å². The Morgan fingerprint density at radius 3 is 2.81 bits per heavy atom. The summed E-state index contributed by atoms with van der Waals surface area (Å²) < 4.78 is 5.28. The summed E-state index contributed by atoms with van der Waals surface area (Å²) in [6, 6.07) is 4.76. The topological polar surface area (TPSA) is 66.8 Å². The number of aromatic hydroxyl groups is 1. The van der Waals surface area contributed by atoms with Crippen molar-refractivity contribution in [2.24, 2.45) is 0 Å². The van der Waals surface area contributed by atoms with Crippen molar-refractivity contribution >= 4 is 12.0 Å². The Hall–Kier alpha value is -1.97. The highest BCUT2D eigenvalue weighted by molar-refractivity contribution is 5.85. The summed E-state index contributed by atoms with van der Waals surface area (Å²) in [4.78, 5) is 10.3. The molecule has 0 aliphatic heterocycles. The van der Waals surface area contributed by atoms with E-state index < -0.39 is 5.97 Å². The zero-order chi connectivity index (χ0) is 12.0. The summed E-state index contributed by atoms with van der Waals surface area (Å²) in [7, 11) is 0. The molecule has 0 aliphatic carbocycles. The smallest absolute Gasteiger partial charge is 0.328 e. The average Bonchev–Trinajstić information content (AvgIpc) is 2.25. The van der Waals surface area contributed by atoms with Gasteiger partial charge >= 0.3 is 5.97 Å². The summed E-state index contributed by atoms with van der Waals surface area (Å²) >= 11 is 0. The zero-order valence-electron chi connectivity index (χ0n) is 9.01. The van der Waals surface area contributed by atoms with Crippen LogP contribution in [-0.4, -0.2) is 22.8 Å². The molecule has 0 unspecified atom stereocenters. The second-order valence-electron chi connectivity index (χ2n) is 3.25. The van der Waals surface area contributed by atoms with Gasteiger partial charge in [0.05, 0.1) is 6.61 Å². The van der Waals surface area contributed by atoms with Gasteiger partial charge in [0.2, 0.25) is 0 Å². The van der Waals surface area contributed by atoms with Gasteiger partial charge in [-0.3, -0.25) is 0 Å². The van der Waals surface area contributed by atoms with Crippen LogP contribution in [0, 0.1) is 0 Å². The van der Waals surface area contributed by atoms with Crippen LogP contribution in [0.2, 0.25) is 0 Å². The molecule has 1 aromatic carbocycles. The fraction of sp³-hybridized carbons (Fsp3) is 0.250. The van der Waals surface area contributed by atoms with Crippen molar-refractivity contribution in [2.45, 2.75) is 13.3 Å². The largest absolute Gasteiger partial charge is 0.504 e. The molecule has 1 rings (SSSR count). The Labute approximate surface area is 93.8 Å². The molecule has 4 nitrogen and oxygen atoms in total. The van der Waals surface area contributed by atoms with Crippen molar-refractivity contribution in [1.82, 2.24) is 0 Å². The van der Waals surface area contributed by atoms with E-state index in [9.17, 15) is 9.90 Å². The normalized spacial score (nSPS) is 10.6. The Bertz CT molecular complexity index is 396. The van der Waals surface area contributed by atoms with Gasteiger partial charge in [-0.05, 0) is 30.2 Å². The van der Waals surface area contributed by atoms with Gasteiger partial charge in [-0.2, -0.15) is 0 Å². The Morgan fingerprint density at radius 2 is 2.25 bits per heavy atom. The van der Waals surface area contributed by atoms with E-state index in [0.717, 1.165) is 12.5 Å². The van der Waals surface area contributed by atoms with Crippen molar-refractivity contribution in [1.29, 1.82) is 0 Å². The molecule has 86 valence electrons. The molecular formula is C12H14O4. The van der Waals surface area contributed by atoms with E-state index in [1.807, 2.05) is 6.92 Å². The maximum Gasteiger partial charge on any atom is 0.328 e. The summed E-state index contributed by atoms with van der Waals surface area (Å²) in [6.07, 6.45) is 3.28. The van der Waals surface area contributed by atoms with Crippen LogP contribution in [0.4, 0.5) is 0 Å². The maximum absolute atomic E-state index is 10.3. The molecule has 0 saturated carbocycles. The quantitative estimate of drug-likeness (QED) is 0.750. The lowest BCUT2D eigenvalue weighted by Crippen LogP contribution is -1.95. The molecule has 0 amide bonds. The lowest BCUT2D eigenvalue weighted by Gasteiger charge is -2.06. The first-order chi connectivity index (χ1) is 7.63. The second-order valence-corrected chi connectivity index (χ2v) is 3.25. The first-order valence-electron chi connectivity index (χ1n) is 5.00. The van der Waals surface area contributed by atoms with E-state index in [4.69, 9.17) is 9.84 Å². The number of carbonyl (C=O) groups is 1. The van der Waals surface area contributed by atoms with E-state index in [1.54, 1.807) is 12.1 Å². The number of carboxylic acids is 1. The van der Waals surface area contributed by atoms with Gasteiger partial charge in [0, 0.05) is 6.08 Å². The van der Waals surface area contributed by atoms with Crippen LogP contribution in [0.25, 0.3) is 6.08 Å². The maximum atomic E-state index is 10.3. The molecule has 0 aromatic heterocycles. The number of phenolic OH excluding ortho intramolecular Hbond substituents is 1. The van der Waals surface area contributed by atoms with Crippen molar-refractivity contribution in [3.63, 3.8) is 0 Å². The molecule has 4 heteroatoms. The molecule has 1 aromatic rings. The zero-order valence-corrected chi connectivity index (χ0v) is 9.01. The Balaban J connectivity index is 2.78. The molecule has 0 bridgehead atoms. The van der Waals surface area contributed by atoms with Crippen LogP contribution < -0.4 is 4.74 Å². The molecule has 0 heterocycles. The van der Waals surface area contributed by atoms with Gasteiger partial charge in [-0.15, -0.1) is 0 Å². The molecule has 16 heavy (non-hydrogen) atoms. The van der Waals surface area contributed by atoms with E-state index >= 15 is 0 Å². The van der Waals surface area contributed by atoms with E-state index in [1.165, 1.54) is 12.1 Å². The summed E-state index contributed by atoms with van der Waals surface area (Å²) in [5.74, 6) is -0.596. The van der Waals surface area contributed by atoms with Gasteiger partial charge in [-0.25, -0.2) is 4.79 Å². The SMILES string of the molecule is CCCOc1ccc(C=CC(=O)O)cc1O. The summed E-state index contributed by atoms with van der Waals surface area (Å²) in [5, 5.41) is 18.0. The third-order valence-corrected chi connectivity index (χ3v) is 1.86. The van der Waals surface area contributed by atoms with Crippen molar-refractivity contribution < 1.29 is 19.7 Å². The predicted molar refractivity (Wildman–Crippen MR) is 60.6 cm³/mol. The molecule has 2 N–H and O–H groups in total. The molecule has 0 saturated heterocycles. The Kier molecular flexibility index (Phi) is 4.39. The number of rotatable bonds is 5. The monoisotopic (exact) mass is 222 g/mol. The average molecular weight is 222 g/mol. The number of aliphatic carboxylic acids is 1. The summed E-state index contributed by atoms with van der Waals surface area (Å²) in [6.45, 7) is 2.51. The summed E-state index contributed by atoms with van der Waals surface area (Å²) in [5.41, 5.74) is 0.615. The van der Waals surface area contributed by atoms with E-state index in [-0.39, 0.29) is 5.75 Å². The van der Waals surface area contributed by atoms with Crippen LogP contribution in [0.1, 0.15) is 18.9 Å². The predicted octanol–water partition coefficient (Wildman–Crippen LogP) is 2.28. The van der Waals surface area contributed by atoms with Gasteiger partial charge in [0.15, 0.2) is 11.5 Å². The van der Waals surface area contributed by atoms with Gasteiger partial charge in [-0.1, -0.05) is 13.0 Å². The van der Waals surface area contributed by atoms with Crippen LogP contribution in [-0.2, 0) is 4.79 Å². The highest BCUT2D eigenvalue weighted by Gasteiger charge is 2.02. The fourth-order valence-electron chi connectivity index (χ4n) is 1.14. The molecule has 0 fully saturated rings. The highest BCUT2D eigenvalue weighted by Crippen LogP contribution is 2.27. The van der Waals surface area contributed by atoms with Crippen molar-refractivity contribution in [3.8, 4) is 11.5 Å². The third kappa shape index (κ3) is 3.65. The van der Waals surface area contributed by atoms with Crippen molar-refractivity contribution in [2.75, 3.05) is 6.61 Å². The number of hydrogen-bond acceptors (Lipinski definition) is 3. The molecular weight excluding hydrogens is 208 g/mol. The minimum Gasteiger partial charge on any atom is -0.504 e. The number of hydrogen-bond donors (Lipinski definition) is 2. The van der Waals surface area contributed by atoms with Crippen molar-refractivity contribution in [3.05, 3.63) is 29.8 Å². The van der Waals surface area contributed by atoms with E-state index in [2.05, 4.69) is 0 Å². The van der Waals surface area contributed by atoms with Crippen LogP contribution in [0.15, 0.2) is 24.3 Å². The van der Waals surface area contributed by atoms with Crippen LogP contribution in [0.3, 0.4) is 0 Å². The number of carboxylic acid groups (broad SMARTS) is 1. The van der Waals surface area contributed by atoms with Gasteiger partial charge in [0.1, 0.15) is 0 Å². The lowest BCUT2D eigenvalue weighted by molar-refractivity contribution is -0.131. The minimum atomic E-state index is -1.02. The highest BCUT2D eigenvalue weighted by atomic mass is 16.5. The number of benzene rings is 1. The third-order valence-electron chi connectivity index (χ3n) is 1.86.